The first-order valence-electron chi connectivity index (χ1n) is 10.4. The van der Waals surface area contributed by atoms with Crippen LogP contribution in [0.3, 0.4) is 0 Å². The van der Waals surface area contributed by atoms with E-state index in [0.717, 1.165) is 28.9 Å². The van der Waals surface area contributed by atoms with Gasteiger partial charge in [0.1, 0.15) is 5.52 Å². The summed E-state index contributed by atoms with van der Waals surface area (Å²) < 4.78 is 25.2. The normalized spacial score (nSPS) is 11.9. The summed E-state index contributed by atoms with van der Waals surface area (Å²) in [4.78, 5) is 22.3. The first-order chi connectivity index (χ1) is 14.7. The van der Waals surface area contributed by atoms with Crippen LogP contribution in [-0.2, 0) is 9.84 Å². The maximum Gasteiger partial charge on any atom is 0.260 e. The number of sulfone groups is 1. The number of likely N-dealkylation sites (N-methyl/N-ethyl adjacent to an activating group) is 1. The molecule has 31 heavy (non-hydrogen) atoms. The van der Waals surface area contributed by atoms with Gasteiger partial charge in [0.25, 0.3) is 5.91 Å². The highest BCUT2D eigenvalue weighted by molar-refractivity contribution is 7.91. The summed E-state index contributed by atoms with van der Waals surface area (Å²) in [5.74, 6) is -0.121. The van der Waals surface area contributed by atoms with Gasteiger partial charge in [0, 0.05) is 24.9 Å². The molecule has 166 valence electrons. The van der Waals surface area contributed by atoms with Crippen molar-refractivity contribution in [1.82, 2.24) is 9.88 Å². The number of carbonyl (C=O) groups is 1. The zero-order valence-corrected chi connectivity index (χ0v) is 20.3. The minimum absolute atomic E-state index is 0.121. The van der Waals surface area contributed by atoms with Crippen molar-refractivity contribution in [2.45, 2.75) is 32.6 Å². The Kier molecular flexibility index (Phi) is 7.13. The van der Waals surface area contributed by atoms with E-state index < -0.39 is 9.84 Å². The summed E-state index contributed by atoms with van der Waals surface area (Å²) in [6.45, 7) is 11.1. The number of thiazole rings is 1. The molecule has 0 N–H and O–H groups in total. The van der Waals surface area contributed by atoms with E-state index in [4.69, 9.17) is 0 Å². The Balaban J connectivity index is 2.08. The van der Waals surface area contributed by atoms with Crippen molar-refractivity contribution in [3.8, 4) is 0 Å². The molecule has 3 rings (SSSR count). The smallest absolute Gasteiger partial charge is 0.260 e. The van der Waals surface area contributed by atoms with Crippen LogP contribution in [0.5, 0.6) is 0 Å². The van der Waals surface area contributed by atoms with Gasteiger partial charge in [-0.05, 0) is 50.7 Å². The molecule has 1 amide bonds. The second-order valence-electron chi connectivity index (χ2n) is 7.67. The molecule has 0 atom stereocenters. The number of benzene rings is 2. The summed E-state index contributed by atoms with van der Waals surface area (Å²) in [6.07, 6.45) is 1.18. The summed E-state index contributed by atoms with van der Waals surface area (Å²) in [7, 11) is -3.43. The Morgan fingerprint density at radius 1 is 1.06 bits per heavy atom. The van der Waals surface area contributed by atoms with Crippen LogP contribution in [0.4, 0.5) is 5.13 Å². The van der Waals surface area contributed by atoms with Gasteiger partial charge in [0.2, 0.25) is 0 Å². The molecule has 0 unspecified atom stereocenters. The fourth-order valence-corrected chi connectivity index (χ4v) is 5.50. The highest BCUT2D eigenvalue weighted by Crippen LogP contribution is 2.33. The van der Waals surface area contributed by atoms with Gasteiger partial charge in [0.05, 0.1) is 9.60 Å². The number of rotatable bonds is 8. The van der Waals surface area contributed by atoms with Crippen LogP contribution in [-0.4, -0.2) is 56.6 Å². The van der Waals surface area contributed by atoms with Gasteiger partial charge in [0.15, 0.2) is 15.0 Å². The second kappa shape index (κ2) is 9.46. The van der Waals surface area contributed by atoms with E-state index in [1.165, 1.54) is 17.6 Å². The molecule has 2 aromatic carbocycles. The Bertz CT molecular complexity index is 1200. The zero-order valence-electron chi connectivity index (χ0n) is 18.7. The number of aromatic nitrogens is 1. The summed E-state index contributed by atoms with van der Waals surface area (Å²) in [5, 5.41) is 0.517. The molecule has 0 radical (unpaired) electrons. The number of aryl methyl sites for hydroxylation is 2. The topological polar surface area (TPSA) is 70.6 Å². The number of hydrogen-bond acceptors (Lipinski definition) is 6. The van der Waals surface area contributed by atoms with Gasteiger partial charge in [-0.2, -0.15) is 0 Å². The lowest BCUT2D eigenvalue weighted by Crippen LogP contribution is -2.39. The lowest BCUT2D eigenvalue weighted by atomic mass is 10.0. The van der Waals surface area contributed by atoms with E-state index in [2.05, 4.69) is 23.7 Å². The van der Waals surface area contributed by atoms with Gasteiger partial charge in [-0.3, -0.25) is 9.69 Å². The van der Waals surface area contributed by atoms with Gasteiger partial charge < -0.3 is 4.90 Å². The van der Waals surface area contributed by atoms with Crippen molar-refractivity contribution in [2.24, 2.45) is 0 Å². The van der Waals surface area contributed by atoms with Crippen LogP contribution in [0.15, 0.2) is 41.3 Å². The van der Waals surface area contributed by atoms with E-state index in [9.17, 15) is 13.2 Å². The van der Waals surface area contributed by atoms with Crippen molar-refractivity contribution in [2.75, 3.05) is 37.3 Å². The average Bonchev–Trinajstić information content (AvgIpc) is 3.14. The highest BCUT2D eigenvalue weighted by Gasteiger charge is 2.25. The molecule has 6 nitrogen and oxygen atoms in total. The molecular weight excluding hydrogens is 430 g/mol. The lowest BCUT2D eigenvalue weighted by molar-refractivity contribution is 0.0983. The third-order valence-electron chi connectivity index (χ3n) is 5.39. The molecule has 0 saturated heterocycles. The van der Waals surface area contributed by atoms with Crippen molar-refractivity contribution in [3.05, 3.63) is 53.1 Å². The van der Waals surface area contributed by atoms with Crippen LogP contribution in [0.2, 0.25) is 0 Å². The molecular formula is C23H29N3O3S2. The van der Waals surface area contributed by atoms with Crippen molar-refractivity contribution >= 4 is 42.4 Å². The number of nitrogens with zero attached hydrogens (tertiary/aromatic N) is 3. The van der Waals surface area contributed by atoms with Crippen molar-refractivity contribution in [3.63, 3.8) is 0 Å². The molecule has 8 heteroatoms. The Hall–Kier alpha value is -2.29. The van der Waals surface area contributed by atoms with Gasteiger partial charge >= 0.3 is 0 Å². The minimum Gasteiger partial charge on any atom is -0.302 e. The quantitative estimate of drug-likeness (QED) is 0.502. The highest BCUT2D eigenvalue weighted by atomic mass is 32.2. The molecule has 1 aromatic heterocycles. The fraction of sp³-hybridized carbons (Fsp3) is 0.391. The summed E-state index contributed by atoms with van der Waals surface area (Å²) >= 11 is 1.35. The fourth-order valence-electron chi connectivity index (χ4n) is 3.59. The van der Waals surface area contributed by atoms with Gasteiger partial charge in [-0.25, -0.2) is 13.4 Å². The number of amides is 1. The first kappa shape index (κ1) is 23.4. The van der Waals surface area contributed by atoms with E-state index in [-0.39, 0.29) is 10.8 Å². The second-order valence-corrected chi connectivity index (χ2v) is 10.7. The van der Waals surface area contributed by atoms with E-state index >= 15 is 0 Å². The SMILES string of the molecule is CCN(CC)CCN(C(=O)c1ccc(C)cc1C)c1nc2c(S(C)(=O)=O)cccc2s1. The molecule has 0 aliphatic carbocycles. The predicted octanol–water partition coefficient (Wildman–Crippen LogP) is 4.31. The van der Waals surface area contributed by atoms with E-state index in [1.54, 1.807) is 17.0 Å². The van der Waals surface area contributed by atoms with Crippen LogP contribution < -0.4 is 4.90 Å². The Morgan fingerprint density at radius 3 is 2.39 bits per heavy atom. The van der Waals surface area contributed by atoms with Gasteiger partial charge in [-0.1, -0.05) is 48.9 Å². The monoisotopic (exact) mass is 459 g/mol. The van der Waals surface area contributed by atoms with Crippen LogP contribution in [0.1, 0.15) is 35.3 Å². The molecule has 3 aromatic rings. The summed E-state index contributed by atoms with van der Waals surface area (Å²) in [6, 6.07) is 10.9. The number of hydrogen-bond donors (Lipinski definition) is 0. The van der Waals surface area contributed by atoms with Crippen LogP contribution >= 0.6 is 11.3 Å². The molecule has 1 heterocycles. The third-order valence-corrected chi connectivity index (χ3v) is 7.56. The molecule has 0 saturated carbocycles. The number of anilines is 1. The maximum absolute atomic E-state index is 13.6. The average molecular weight is 460 g/mol. The maximum atomic E-state index is 13.6. The Morgan fingerprint density at radius 2 is 1.77 bits per heavy atom. The van der Waals surface area contributed by atoms with E-state index in [0.29, 0.717) is 29.3 Å². The predicted molar refractivity (Wildman–Crippen MR) is 128 cm³/mol. The molecule has 0 spiro atoms. The standard InChI is InChI=1S/C23H29N3O3S2/c1-6-25(7-2)13-14-26(22(27)18-12-11-16(3)15-17(18)4)23-24-21-19(30-23)9-8-10-20(21)31(5,28)29/h8-12,15H,6-7,13-14H2,1-5H3. The molecule has 0 aliphatic heterocycles. The molecule has 0 aliphatic rings. The van der Waals surface area contributed by atoms with Crippen LogP contribution in [0.25, 0.3) is 10.2 Å². The summed E-state index contributed by atoms with van der Waals surface area (Å²) in [5.41, 5.74) is 3.07. The third kappa shape index (κ3) is 5.14. The van der Waals surface area contributed by atoms with Gasteiger partial charge in [-0.15, -0.1) is 0 Å². The van der Waals surface area contributed by atoms with Crippen molar-refractivity contribution < 1.29 is 13.2 Å². The lowest BCUT2D eigenvalue weighted by Gasteiger charge is -2.25. The number of fused-ring (bicyclic) bond motifs is 1. The van der Waals surface area contributed by atoms with Crippen LogP contribution in [0, 0.1) is 13.8 Å². The molecule has 0 bridgehead atoms. The van der Waals surface area contributed by atoms with Crippen molar-refractivity contribution in [1.29, 1.82) is 0 Å². The van der Waals surface area contributed by atoms with E-state index in [1.807, 2.05) is 38.1 Å². The Labute approximate surface area is 188 Å². The number of carbonyl (C=O) groups excluding carboxylic acids is 1. The minimum atomic E-state index is -3.43. The number of para-hydroxylation sites is 1. The zero-order chi connectivity index (χ0) is 22.8. The molecule has 0 fully saturated rings. The largest absolute Gasteiger partial charge is 0.302 e. The first-order valence-corrected chi connectivity index (χ1v) is 13.1.